The molecule has 31 heavy (non-hydrogen) atoms. The second-order valence-electron chi connectivity index (χ2n) is 7.45. The number of ether oxygens (including phenoxy) is 1. The van der Waals surface area contributed by atoms with Gasteiger partial charge in [0.25, 0.3) is 0 Å². The SMILES string of the molecule is Nc1nccn2c([C@@H]3CCCN3[C]=O)nc(-c3ccc(OCc4ccccc4)nc3)c12. The van der Waals surface area contributed by atoms with Crippen molar-refractivity contribution in [1.29, 1.82) is 0 Å². The van der Waals surface area contributed by atoms with Crippen LogP contribution in [0.25, 0.3) is 16.8 Å². The summed E-state index contributed by atoms with van der Waals surface area (Å²) >= 11 is 0. The molecule has 1 amide bonds. The molecule has 155 valence electrons. The van der Waals surface area contributed by atoms with E-state index in [-0.39, 0.29) is 6.04 Å². The largest absolute Gasteiger partial charge is 0.473 e. The van der Waals surface area contributed by atoms with Crippen molar-refractivity contribution < 1.29 is 9.53 Å². The topological polar surface area (TPSA) is 98.6 Å². The molecule has 4 aromatic rings. The van der Waals surface area contributed by atoms with E-state index in [0.29, 0.717) is 36.1 Å². The lowest BCUT2D eigenvalue weighted by Gasteiger charge is -2.17. The molecule has 0 unspecified atom stereocenters. The van der Waals surface area contributed by atoms with Gasteiger partial charge in [0.2, 0.25) is 5.88 Å². The standard InChI is InChI=1S/C23H21N6O2/c24-22-21-20(17-8-9-19(26-13-17)31-14-16-5-2-1-3-6-16)27-23(29(21)12-10-25-22)18-7-4-11-28(18)15-30/h1-3,5-6,8-10,12-13,18H,4,7,11,14H2,(H2,24,25)/t18-/m0/s1. The van der Waals surface area contributed by atoms with E-state index in [0.717, 1.165) is 29.8 Å². The molecule has 1 radical (unpaired) electrons. The maximum Gasteiger partial charge on any atom is 0.312 e. The summed E-state index contributed by atoms with van der Waals surface area (Å²) in [7, 11) is 0. The quantitative estimate of drug-likeness (QED) is 0.521. The van der Waals surface area contributed by atoms with Crippen LogP contribution in [-0.2, 0) is 11.4 Å². The third-order valence-corrected chi connectivity index (χ3v) is 5.52. The Labute approximate surface area is 179 Å². The molecule has 1 fully saturated rings. The van der Waals surface area contributed by atoms with E-state index in [1.54, 1.807) is 17.3 Å². The van der Waals surface area contributed by atoms with E-state index in [1.807, 2.05) is 59.5 Å². The fraction of sp³-hybridized carbons (Fsp3) is 0.217. The average Bonchev–Trinajstić information content (AvgIpc) is 3.44. The predicted octanol–water partition coefficient (Wildman–Crippen LogP) is 3.16. The molecule has 1 atom stereocenters. The summed E-state index contributed by atoms with van der Waals surface area (Å²) in [5.41, 5.74) is 9.47. The zero-order valence-corrected chi connectivity index (χ0v) is 16.8. The number of rotatable bonds is 6. The lowest BCUT2D eigenvalue weighted by Crippen LogP contribution is -2.22. The van der Waals surface area contributed by atoms with E-state index in [9.17, 15) is 4.79 Å². The average molecular weight is 413 g/mol. The van der Waals surface area contributed by atoms with Crippen molar-refractivity contribution in [2.45, 2.75) is 25.5 Å². The van der Waals surface area contributed by atoms with Crippen LogP contribution in [0.15, 0.2) is 61.1 Å². The molecular formula is C23H21N6O2. The Hall–Kier alpha value is -3.94. The highest BCUT2D eigenvalue weighted by Crippen LogP contribution is 2.35. The first-order valence-corrected chi connectivity index (χ1v) is 10.1. The number of nitrogens with two attached hydrogens (primary N) is 1. The summed E-state index contributed by atoms with van der Waals surface area (Å²) < 4.78 is 7.70. The van der Waals surface area contributed by atoms with Crippen LogP contribution in [0, 0.1) is 0 Å². The molecule has 0 aliphatic carbocycles. The van der Waals surface area contributed by atoms with Gasteiger partial charge in [0, 0.05) is 36.8 Å². The molecule has 0 bridgehead atoms. The number of pyridine rings is 1. The predicted molar refractivity (Wildman–Crippen MR) is 116 cm³/mol. The number of nitrogen functional groups attached to an aromatic ring is 1. The zero-order valence-electron chi connectivity index (χ0n) is 16.8. The van der Waals surface area contributed by atoms with Gasteiger partial charge in [0.15, 0.2) is 0 Å². The number of benzene rings is 1. The Balaban J connectivity index is 1.48. The number of anilines is 1. The van der Waals surface area contributed by atoms with Crippen LogP contribution in [0.1, 0.15) is 30.3 Å². The second kappa shape index (κ2) is 8.06. The summed E-state index contributed by atoms with van der Waals surface area (Å²) in [6.07, 6.45) is 8.96. The van der Waals surface area contributed by atoms with Crippen molar-refractivity contribution in [3.63, 3.8) is 0 Å². The van der Waals surface area contributed by atoms with Crippen LogP contribution in [0.4, 0.5) is 5.82 Å². The molecule has 2 N–H and O–H groups in total. The van der Waals surface area contributed by atoms with Gasteiger partial charge in [-0.15, -0.1) is 0 Å². The van der Waals surface area contributed by atoms with Gasteiger partial charge in [0.1, 0.15) is 29.5 Å². The van der Waals surface area contributed by atoms with Crippen molar-refractivity contribution in [2.24, 2.45) is 0 Å². The highest BCUT2D eigenvalue weighted by molar-refractivity contribution is 5.85. The monoisotopic (exact) mass is 413 g/mol. The van der Waals surface area contributed by atoms with Gasteiger partial charge in [0.05, 0.1) is 6.04 Å². The number of aromatic nitrogens is 4. The third kappa shape index (κ3) is 3.56. The van der Waals surface area contributed by atoms with Crippen LogP contribution < -0.4 is 10.5 Å². The highest BCUT2D eigenvalue weighted by atomic mass is 16.5. The summed E-state index contributed by atoms with van der Waals surface area (Å²) in [4.78, 5) is 26.6. The Morgan fingerprint density at radius 2 is 2.03 bits per heavy atom. The minimum Gasteiger partial charge on any atom is -0.473 e. The Morgan fingerprint density at radius 1 is 1.16 bits per heavy atom. The number of carbonyl (C=O) groups excluding carboxylic acids is 1. The van der Waals surface area contributed by atoms with E-state index < -0.39 is 0 Å². The molecule has 5 rings (SSSR count). The van der Waals surface area contributed by atoms with Crippen LogP contribution in [-0.4, -0.2) is 37.2 Å². The van der Waals surface area contributed by atoms with E-state index in [1.165, 1.54) is 0 Å². The van der Waals surface area contributed by atoms with E-state index in [4.69, 9.17) is 15.5 Å². The van der Waals surface area contributed by atoms with Crippen molar-refractivity contribution in [3.8, 4) is 17.1 Å². The first-order valence-electron chi connectivity index (χ1n) is 10.1. The van der Waals surface area contributed by atoms with Gasteiger partial charge < -0.3 is 15.4 Å². The zero-order chi connectivity index (χ0) is 21.2. The fourth-order valence-corrected chi connectivity index (χ4v) is 4.01. The lowest BCUT2D eigenvalue weighted by molar-refractivity contribution is 0.294. The molecule has 1 aliphatic heterocycles. The first kappa shape index (κ1) is 19.0. The lowest BCUT2D eigenvalue weighted by atomic mass is 10.2. The number of likely N-dealkylation sites (tertiary alicyclic amines) is 1. The minimum absolute atomic E-state index is 0.137. The molecule has 1 saturated heterocycles. The van der Waals surface area contributed by atoms with Gasteiger partial charge in [-0.2, -0.15) is 0 Å². The van der Waals surface area contributed by atoms with Crippen LogP contribution >= 0.6 is 0 Å². The molecular weight excluding hydrogens is 392 g/mol. The van der Waals surface area contributed by atoms with Gasteiger partial charge in [-0.1, -0.05) is 30.3 Å². The maximum absolute atomic E-state index is 11.4. The summed E-state index contributed by atoms with van der Waals surface area (Å²) in [6, 6.07) is 13.5. The van der Waals surface area contributed by atoms with E-state index in [2.05, 4.69) is 9.97 Å². The number of nitrogens with zero attached hydrogens (tertiary/aromatic N) is 5. The third-order valence-electron chi connectivity index (χ3n) is 5.52. The minimum atomic E-state index is -0.137. The normalized spacial score (nSPS) is 16.0. The van der Waals surface area contributed by atoms with Crippen LogP contribution in [0.5, 0.6) is 5.88 Å². The maximum atomic E-state index is 11.4. The van der Waals surface area contributed by atoms with Crippen molar-refractivity contribution >= 4 is 17.7 Å². The molecule has 8 nitrogen and oxygen atoms in total. The molecule has 0 spiro atoms. The molecule has 0 saturated carbocycles. The molecule has 1 aliphatic rings. The summed E-state index contributed by atoms with van der Waals surface area (Å²) in [6.45, 7) is 1.12. The Morgan fingerprint density at radius 3 is 2.81 bits per heavy atom. The number of hydrogen-bond acceptors (Lipinski definition) is 6. The van der Waals surface area contributed by atoms with Gasteiger partial charge >= 0.3 is 6.41 Å². The van der Waals surface area contributed by atoms with Crippen molar-refractivity contribution in [3.05, 3.63) is 72.4 Å². The first-order chi connectivity index (χ1) is 15.2. The summed E-state index contributed by atoms with van der Waals surface area (Å²) in [5.74, 6) is 1.66. The Bertz CT molecular complexity index is 1210. The van der Waals surface area contributed by atoms with Crippen LogP contribution in [0.3, 0.4) is 0 Å². The molecule has 8 heteroatoms. The number of imidazole rings is 1. The highest BCUT2D eigenvalue weighted by Gasteiger charge is 2.30. The molecule has 3 aromatic heterocycles. The fourth-order valence-electron chi connectivity index (χ4n) is 4.01. The number of hydrogen-bond donors (Lipinski definition) is 1. The van der Waals surface area contributed by atoms with Gasteiger partial charge in [-0.25, -0.2) is 15.0 Å². The number of fused-ring (bicyclic) bond motifs is 1. The van der Waals surface area contributed by atoms with Crippen LogP contribution in [0.2, 0.25) is 0 Å². The van der Waals surface area contributed by atoms with Gasteiger partial charge in [-0.3, -0.25) is 9.20 Å². The molecule has 4 heterocycles. The van der Waals surface area contributed by atoms with Gasteiger partial charge in [-0.05, 0) is 24.5 Å². The smallest absolute Gasteiger partial charge is 0.312 e. The van der Waals surface area contributed by atoms with Crippen molar-refractivity contribution in [1.82, 2.24) is 24.3 Å². The number of amides is 1. The second-order valence-corrected chi connectivity index (χ2v) is 7.45. The summed E-state index contributed by atoms with van der Waals surface area (Å²) in [5, 5.41) is 0. The Kier molecular flexibility index (Phi) is 4.95. The van der Waals surface area contributed by atoms with E-state index >= 15 is 0 Å². The van der Waals surface area contributed by atoms with Crippen molar-refractivity contribution in [2.75, 3.05) is 12.3 Å². The molecule has 1 aromatic carbocycles.